The molecular formula is C10H16Cl2O4Sn-2. The van der Waals surface area contributed by atoms with Crippen LogP contribution >= 0.6 is 0 Å². The van der Waals surface area contributed by atoms with Gasteiger partial charge in [-0.3, -0.25) is 19.2 Å². The molecule has 100 valence electrons. The molecular weight excluding hydrogens is 374 g/mol. The maximum Gasteiger partial charge on any atom is 0.137 e. The van der Waals surface area contributed by atoms with Crippen molar-refractivity contribution in [2.24, 2.45) is 0 Å². The van der Waals surface area contributed by atoms with Crippen molar-refractivity contribution in [1.29, 1.82) is 0 Å². The van der Waals surface area contributed by atoms with Crippen molar-refractivity contribution in [3.8, 4) is 0 Å². The predicted octanol–water partition coefficient (Wildman–Crippen LogP) is -5.26. The third-order valence-corrected chi connectivity index (χ3v) is 0.996. The van der Waals surface area contributed by atoms with Crippen LogP contribution in [0.25, 0.3) is 0 Å². The van der Waals surface area contributed by atoms with Gasteiger partial charge in [-0.05, 0) is 27.7 Å². The van der Waals surface area contributed by atoms with Gasteiger partial charge in [0.25, 0.3) is 0 Å². The first-order chi connectivity index (χ1) is 6.25. The van der Waals surface area contributed by atoms with Gasteiger partial charge >= 0.3 is 0 Å². The second-order valence-corrected chi connectivity index (χ2v) is 3.16. The van der Waals surface area contributed by atoms with Gasteiger partial charge in [-0.15, -0.1) is 0 Å². The van der Waals surface area contributed by atoms with Crippen LogP contribution in [0.5, 0.6) is 0 Å². The van der Waals surface area contributed by atoms with Gasteiger partial charge in [0.2, 0.25) is 0 Å². The van der Waals surface area contributed by atoms with E-state index in [-0.39, 0.29) is 84.7 Å². The van der Waals surface area contributed by atoms with Gasteiger partial charge in [0.1, 0.15) is 23.1 Å². The summed E-state index contributed by atoms with van der Waals surface area (Å²) >= 11 is 0. The normalized spacial score (nSPS) is 6.82. The number of halogens is 2. The minimum absolute atomic E-state index is 0. The Morgan fingerprint density at radius 1 is 0.588 bits per heavy atom. The van der Waals surface area contributed by atoms with Crippen LogP contribution in [0.4, 0.5) is 0 Å². The van der Waals surface area contributed by atoms with E-state index in [9.17, 15) is 19.2 Å². The Hall–Kier alpha value is 0.0587. The van der Waals surface area contributed by atoms with Crippen LogP contribution < -0.4 is 24.8 Å². The molecule has 0 fully saturated rings. The van der Waals surface area contributed by atoms with Crippen molar-refractivity contribution in [2.45, 2.75) is 40.5 Å². The summed E-state index contributed by atoms with van der Waals surface area (Å²) in [6.07, 6.45) is 0.167. The molecule has 0 unspecified atom stereocenters. The molecule has 0 rings (SSSR count). The Bertz CT molecular complexity index is 205. The van der Waals surface area contributed by atoms with E-state index in [1.807, 2.05) is 0 Å². The van der Waals surface area contributed by atoms with Crippen molar-refractivity contribution in [3.63, 3.8) is 0 Å². The molecule has 4 nitrogen and oxygen atoms in total. The molecule has 0 aromatic heterocycles. The molecule has 0 aliphatic carbocycles. The minimum atomic E-state index is -0.0625. The summed E-state index contributed by atoms with van der Waals surface area (Å²) in [7, 11) is 0. The van der Waals surface area contributed by atoms with E-state index in [0.717, 1.165) is 0 Å². The minimum Gasteiger partial charge on any atom is -1.00 e. The fourth-order valence-corrected chi connectivity index (χ4v) is 0.701. The number of hydrogen-bond donors (Lipinski definition) is 0. The maximum atomic E-state index is 10.0. The molecule has 0 heterocycles. The third-order valence-electron chi connectivity index (χ3n) is 0.996. The van der Waals surface area contributed by atoms with E-state index in [1.54, 1.807) is 0 Å². The molecule has 0 amide bonds. The van der Waals surface area contributed by atoms with Gasteiger partial charge < -0.3 is 24.8 Å². The number of ketones is 4. The second kappa shape index (κ2) is 18.4. The van der Waals surface area contributed by atoms with E-state index in [4.69, 9.17) is 0 Å². The van der Waals surface area contributed by atoms with Gasteiger partial charge in [0.05, 0.1) is 12.8 Å². The largest absolute Gasteiger partial charge is 1.00 e. The summed E-state index contributed by atoms with van der Waals surface area (Å²) in [5.41, 5.74) is 0. The zero-order valence-electron chi connectivity index (χ0n) is 10.3. The molecule has 0 N–H and O–H groups in total. The van der Waals surface area contributed by atoms with Gasteiger partial charge in [0.15, 0.2) is 0 Å². The van der Waals surface area contributed by atoms with Gasteiger partial charge in [-0.25, -0.2) is 0 Å². The van der Waals surface area contributed by atoms with E-state index in [0.29, 0.717) is 0 Å². The zero-order valence-corrected chi connectivity index (χ0v) is 14.7. The van der Waals surface area contributed by atoms with Crippen LogP contribution in [0.2, 0.25) is 0 Å². The molecule has 0 spiro atoms. The Labute approximate surface area is 131 Å². The molecule has 0 aromatic rings. The van der Waals surface area contributed by atoms with Crippen molar-refractivity contribution < 1.29 is 44.0 Å². The van der Waals surface area contributed by atoms with Gasteiger partial charge in [-0.2, -0.15) is 0 Å². The van der Waals surface area contributed by atoms with E-state index in [1.165, 1.54) is 27.7 Å². The van der Waals surface area contributed by atoms with Crippen LogP contribution in [0.3, 0.4) is 0 Å². The molecule has 0 aliphatic heterocycles. The molecule has 0 saturated heterocycles. The summed E-state index contributed by atoms with van der Waals surface area (Å²) in [5.74, 6) is -0.250. The van der Waals surface area contributed by atoms with Crippen LogP contribution in [0.15, 0.2) is 0 Å². The molecule has 17 heavy (non-hydrogen) atoms. The predicted molar refractivity (Wildman–Crippen MR) is 57.7 cm³/mol. The Balaban J connectivity index is -0.0000000480. The summed E-state index contributed by atoms with van der Waals surface area (Å²) in [5, 5.41) is 0. The number of carbonyl (C=O) groups is 4. The van der Waals surface area contributed by atoms with Crippen LogP contribution in [0.1, 0.15) is 40.5 Å². The van der Waals surface area contributed by atoms with E-state index in [2.05, 4.69) is 0 Å². The summed E-state index contributed by atoms with van der Waals surface area (Å²) in [6.45, 7) is 5.62. The first kappa shape index (κ1) is 30.3. The molecule has 0 atom stereocenters. The van der Waals surface area contributed by atoms with Crippen LogP contribution in [-0.4, -0.2) is 47.0 Å². The van der Waals surface area contributed by atoms with Gasteiger partial charge in [0, 0.05) is 23.9 Å². The Kier molecular flexibility index (Phi) is 32.8. The first-order valence-electron chi connectivity index (χ1n) is 4.23. The fourth-order valence-electron chi connectivity index (χ4n) is 0.701. The SMILES string of the molecule is CC(=O)CC(C)=O.CC(=O)CC(C)=O.[Cl-].[Cl-].[Sn]. The number of hydrogen-bond acceptors (Lipinski definition) is 4. The smallest absolute Gasteiger partial charge is 0.137 e. The van der Waals surface area contributed by atoms with Crippen molar-refractivity contribution in [2.75, 3.05) is 0 Å². The monoisotopic (exact) mass is 390 g/mol. The van der Waals surface area contributed by atoms with Crippen molar-refractivity contribution in [3.05, 3.63) is 0 Å². The fraction of sp³-hybridized carbons (Fsp3) is 0.600. The van der Waals surface area contributed by atoms with Gasteiger partial charge in [-0.1, -0.05) is 0 Å². The molecule has 0 aromatic carbocycles. The maximum absolute atomic E-state index is 10.0. The molecule has 0 aliphatic rings. The summed E-state index contributed by atoms with van der Waals surface area (Å²) in [6, 6.07) is 0. The van der Waals surface area contributed by atoms with Crippen LogP contribution in [0, 0.1) is 0 Å². The molecule has 0 saturated carbocycles. The zero-order chi connectivity index (χ0) is 11.7. The quantitative estimate of drug-likeness (QED) is 0.356. The second-order valence-electron chi connectivity index (χ2n) is 3.16. The summed E-state index contributed by atoms with van der Waals surface area (Å²) in [4.78, 5) is 40.1. The van der Waals surface area contributed by atoms with E-state index >= 15 is 0 Å². The molecule has 4 radical (unpaired) electrons. The standard InChI is InChI=1S/2C5H8O2.2ClH.Sn/c2*1-4(6)3-5(2)7;;;/h2*3H2,1-2H3;2*1H;/p-2. The van der Waals surface area contributed by atoms with E-state index < -0.39 is 0 Å². The molecule has 0 bridgehead atoms. The van der Waals surface area contributed by atoms with Crippen molar-refractivity contribution in [1.82, 2.24) is 0 Å². The number of rotatable bonds is 4. The summed E-state index contributed by atoms with van der Waals surface area (Å²) < 4.78 is 0. The Morgan fingerprint density at radius 3 is 0.706 bits per heavy atom. The van der Waals surface area contributed by atoms with Crippen LogP contribution in [-0.2, 0) is 19.2 Å². The average Bonchev–Trinajstić information content (AvgIpc) is 1.79. The number of Topliss-reactive ketones (excluding diaryl/α,β-unsaturated/α-hetero) is 4. The topological polar surface area (TPSA) is 68.3 Å². The first-order valence-corrected chi connectivity index (χ1v) is 4.23. The van der Waals surface area contributed by atoms with Crippen molar-refractivity contribution >= 4 is 47.0 Å². The third kappa shape index (κ3) is 48.9. The average molecular weight is 390 g/mol. The number of carbonyl (C=O) groups excluding carboxylic acids is 4. The Morgan fingerprint density at radius 2 is 0.706 bits per heavy atom. The molecule has 7 heteroatoms.